The minimum atomic E-state index is 0.0592. The van der Waals surface area contributed by atoms with E-state index in [-0.39, 0.29) is 11.8 Å². The van der Waals surface area contributed by atoms with Crippen LogP contribution >= 0.6 is 0 Å². The predicted octanol–water partition coefficient (Wildman–Crippen LogP) is 0.330. The highest BCUT2D eigenvalue weighted by atomic mass is 16.2. The fourth-order valence-corrected chi connectivity index (χ4v) is 3.28. The summed E-state index contributed by atoms with van der Waals surface area (Å²) in [6.45, 7) is 6.17. The second kappa shape index (κ2) is 8.26. The van der Waals surface area contributed by atoms with Gasteiger partial charge in [-0.25, -0.2) is 0 Å². The van der Waals surface area contributed by atoms with Gasteiger partial charge in [0.25, 0.3) is 0 Å². The average molecular weight is 330 g/mol. The highest BCUT2D eigenvalue weighted by Gasteiger charge is 2.21. The van der Waals surface area contributed by atoms with Crippen molar-refractivity contribution in [1.82, 2.24) is 20.4 Å². The Bertz CT molecular complexity index is 584. The molecule has 2 amide bonds. The lowest BCUT2D eigenvalue weighted by atomic mass is 10.1. The molecule has 0 atom stereocenters. The molecule has 24 heavy (non-hydrogen) atoms. The molecule has 2 N–H and O–H groups in total. The third-order valence-corrected chi connectivity index (χ3v) is 4.70. The van der Waals surface area contributed by atoms with Crippen molar-refractivity contribution in [3.8, 4) is 0 Å². The van der Waals surface area contributed by atoms with Gasteiger partial charge < -0.3 is 15.5 Å². The minimum absolute atomic E-state index is 0.0592. The molecule has 0 aliphatic carbocycles. The zero-order valence-electron chi connectivity index (χ0n) is 14.1. The van der Waals surface area contributed by atoms with Gasteiger partial charge in [0.05, 0.1) is 6.54 Å². The Balaban J connectivity index is 1.52. The van der Waals surface area contributed by atoms with Crippen LogP contribution in [0.4, 0.5) is 0 Å². The summed E-state index contributed by atoms with van der Waals surface area (Å²) >= 11 is 0. The molecule has 0 radical (unpaired) electrons. The normalized spacial score (nSPS) is 18.8. The van der Waals surface area contributed by atoms with E-state index in [2.05, 4.69) is 15.5 Å². The maximum absolute atomic E-state index is 12.2. The van der Waals surface area contributed by atoms with Crippen molar-refractivity contribution in [2.24, 2.45) is 0 Å². The number of likely N-dealkylation sites (tertiary alicyclic amines) is 1. The number of benzene rings is 1. The number of piperazine rings is 1. The molecule has 1 aromatic rings. The summed E-state index contributed by atoms with van der Waals surface area (Å²) in [4.78, 5) is 28.0. The Morgan fingerprint density at radius 1 is 1.12 bits per heavy atom. The summed E-state index contributed by atoms with van der Waals surface area (Å²) in [5, 5.41) is 6.30. The second-order valence-electron chi connectivity index (χ2n) is 6.49. The van der Waals surface area contributed by atoms with Crippen molar-refractivity contribution in [3.63, 3.8) is 0 Å². The monoisotopic (exact) mass is 330 g/mol. The van der Waals surface area contributed by atoms with E-state index in [0.29, 0.717) is 26.1 Å². The van der Waals surface area contributed by atoms with Gasteiger partial charge in [0.2, 0.25) is 11.8 Å². The van der Waals surface area contributed by atoms with Gasteiger partial charge in [-0.05, 0) is 17.5 Å². The third-order valence-electron chi connectivity index (χ3n) is 4.70. The molecular formula is C18H26N4O2. The van der Waals surface area contributed by atoms with Crippen molar-refractivity contribution in [3.05, 3.63) is 35.4 Å². The Labute approximate surface area is 143 Å². The van der Waals surface area contributed by atoms with Gasteiger partial charge >= 0.3 is 0 Å². The molecule has 0 spiro atoms. The molecule has 6 nitrogen and oxygen atoms in total. The Kier molecular flexibility index (Phi) is 5.82. The molecule has 2 fully saturated rings. The van der Waals surface area contributed by atoms with Gasteiger partial charge in [-0.1, -0.05) is 24.3 Å². The summed E-state index contributed by atoms with van der Waals surface area (Å²) < 4.78 is 0. The number of nitrogens with zero attached hydrogens (tertiary/aromatic N) is 2. The highest BCUT2D eigenvalue weighted by molar-refractivity contribution is 5.78. The summed E-state index contributed by atoms with van der Waals surface area (Å²) in [5.41, 5.74) is 2.21. The van der Waals surface area contributed by atoms with Crippen molar-refractivity contribution < 1.29 is 9.59 Å². The Morgan fingerprint density at radius 2 is 1.88 bits per heavy atom. The zero-order chi connectivity index (χ0) is 16.8. The smallest absolute Gasteiger partial charge is 0.234 e. The van der Waals surface area contributed by atoms with E-state index in [0.717, 1.165) is 50.3 Å². The summed E-state index contributed by atoms with van der Waals surface area (Å²) in [6, 6.07) is 8.04. The average Bonchev–Trinajstić information content (AvgIpc) is 3.00. The van der Waals surface area contributed by atoms with Crippen molar-refractivity contribution in [2.45, 2.75) is 25.9 Å². The lowest BCUT2D eigenvalue weighted by Gasteiger charge is -2.26. The molecule has 3 rings (SSSR count). The summed E-state index contributed by atoms with van der Waals surface area (Å²) in [7, 11) is 0. The molecule has 0 unspecified atom stereocenters. The minimum Gasteiger partial charge on any atom is -0.351 e. The van der Waals surface area contributed by atoms with Gasteiger partial charge in [-0.3, -0.25) is 14.5 Å². The first-order valence-electron chi connectivity index (χ1n) is 8.77. The maximum atomic E-state index is 12.2. The first-order chi connectivity index (χ1) is 11.7. The molecule has 2 saturated heterocycles. The van der Waals surface area contributed by atoms with E-state index in [4.69, 9.17) is 0 Å². The van der Waals surface area contributed by atoms with Crippen LogP contribution in [-0.2, 0) is 22.7 Å². The third kappa shape index (κ3) is 4.55. The Morgan fingerprint density at radius 3 is 2.58 bits per heavy atom. The first-order valence-corrected chi connectivity index (χ1v) is 8.77. The van der Waals surface area contributed by atoms with Gasteiger partial charge in [-0.2, -0.15) is 0 Å². The van der Waals surface area contributed by atoms with Crippen LogP contribution in [-0.4, -0.2) is 60.9 Å². The number of hydrogen-bond donors (Lipinski definition) is 2. The van der Waals surface area contributed by atoms with Crippen LogP contribution in [0.1, 0.15) is 24.0 Å². The molecule has 6 heteroatoms. The maximum Gasteiger partial charge on any atom is 0.234 e. The largest absolute Gasteiger partial charge is 0.351 e. The zero-order valence-corrected chi connectivity index (χ0v) is 14.1. The van der Waals surface area contributed by atoms with E-state index < -0.39 is 0 Å². The van der Waals surface area contributed by atoms with Crippen LogP contribution in [0, 0.1) is 0 Å². The molecular weight excluding hydrogens is 304 g/mol. The number of rotatable bonds is 6. The molecule has 2 heterocycles. The Hall–Kier alpha value is -1.92. The van der Waals surface area contributed by atoms with Gasteiger partial charge in [-0.15, -0.1) is 0 Å². The SMILES string of the molecule is O=C(CN1CCNCC1)NCc1ccccc1CN1CCCC1=O. The van der Waals surface area contributed by atoms with E-state index in [9.17, 15) is 9.59 Å². The van der Waals surface area contributed by atoms with Crippen molar-refractivity contribution in [1.29, 1.82) is 0 Å². The lowest BCUT2D eigenvalue weighted by Crippen LogP contribution is -2.47. The van der Waals surface area contributed by atoms with Gasteiger partial charge in [0.1, 0.15) is 0 Å². The number of hydrogen-bond acceptors (Lipinski definition) is 4. The standard InChI is InChI=1S/C18H26N4O2/c23-17(14-21-10-7-19-8-11-21)20-12-15-4-1-2-5-16(15)13-22-9-3-6-18(22)24/h1-2,4-5,19H,3,6-14H2,(H,20,23). The fraction of sp³-hybridized carbons (Fsp3) is 0.556. The number of amides is 2. The van der Waals surface area contributed by atoms with E-state index in [1.165, 1.54) is 0 Å². The van der Waals surface area contributed by atoms with Crippen molar-refractivity contribution >= 4 is 11.8 Å². The molecule has 130 valence electrons. The molecule has 2 aliphatic rings. The number of carbonyl (C=O) groups excluding carboxylic acids is 2. The topological polar surface area (TPSA) is 64.7 Å². The first kappa shape index (κ1) is 16.9. The molecule has 0 saturated carbocycles. The lowest BCUT2D eigenvalue weighted by molar-refractivity contribution is -0.128. The van der Waals surface area contributed by atoms with Crippen LogP contribution in [0.25, 0.3) is 0 Å². The van der Waals surface area contributed by atoms with Gasteiger partial charge in [0.15, 0.2) is 0 Å². The van der Waals surface area contributed by atoms with Crippen LogP contribution in [0.15, 0.2) is 24.3 Å². The molecule has 2 aliphatic heterocycles. The highest BCUT2D eigenvalue weighted by Crippen LogP contribution is 2.17. The quantitative estimate of drug-likeness (QED) is 0.789. The van der Waals surface area contributed by atoms with E-state index in [1.807, 2.05) is 29.2 Å². The van der Waals surface area contributed by atoms with Crippen molar-refractivity contribution in [2.75, 3.05) is 39.3 Å². The van der Waals surface area contributed by atoms with E-state index in [1.54, 1.807) is 0 Å². The predicted molar refractivity (Wildman–Crippen MR) is 92.2 cm³/mol. The second-order valence-corrected chi connectivity index (χ2v) is 6.49. The van der Waals surface area contributed by atoms with Crippen LogP contribution < -0.4 is 10.6 Å². The number of nitrogens with one attached hydrogen (secondary N) is 2. The molecule has 0 aromatic heterocycles. The van der Waals surface area contributed by atoms with Crippen LogP contribution in [0.2, 0.25) is 0 Å². The number of carbonyl (C=O) groups is 2. The molecule has 1 aromatic carbocycles. The van der Waals surface area contributed by atoms with E-state index >= 15 is 0 Å². The fourth-order valence-electron chi connectivity index (χ4n) is 3.28. The van der Waals surface area contributed by atoms with Gasteiger partial charge in [0, 0.05) is 52.2 Å². The molecule has 0 bridgehead atoms. The van der Waals surface area contributed by atoms with Crippen LogP contribution in [0.5, 0.6) is 0 Å². The summed E-state index contributed by atoms with van der Waals surface area (Å²) in [6.07, 6.45) is 1.60. The van der Waals surface area contributed by atoms with Crippen LogP contribution in [0.3, 0.4) is 0 Å². The summed E-state index contributed by atoms with van der Waals surface area (Å²) in [5.74, 6) is 0.288.